The van der Waals surface area contributed by atoms with E-state index in [-0.39, 0.29) is 27.8 Å². The molecule has 0 radical (unpaired) electrons. The quantitative estimate of drug-likeness (QED) is 0.622. The normalized spacial score (nSPS) is 11.7. The average molecular weight is 464 g/mol. The fourth-order valence-electron chi connectivity index (χ4n) is 2.83. The first kappa shape index (κ1) is 25.2. The van der Waals surface area contributed by atoms with E-state index in [1.165, 1.54) is 39.5 Å². The number of amides is 2. The molecule has 0 fully saturated rings. The fourth-order valence-corrected chi connectivity index (χ4v) is 3.98. The molecule has 2 aromatic carbocycles. The van der Waals surface area contributed by atoms with Gasteiger partial charge in [-0.3, -0.25) is 9.59 Å². The Hall–Kier alpha value is -3.11. The molecule has 2 amide bonds. The lowest BCUT2D eigenvalue weighted by molar-refractivity contribution is -0.116. The van der Waals surface area contributed by atoms with Crippen LogP contribution < -0.4 is 20.1 Å². The lowest BCUT2D eigenvalue weighted by Crippen LogP contribution is -2.41. The second-order valence-corrected chi connectivity index (χ2v) is 10.1. The van der Waals surface area contributed by atoms with E-state index in [0.717, 1.165) is 4.31 Å². The molecule has 0 heterocycles. The number of anilines is 1. The molecule has 0 bridgehead atoms. The van der Waals surface area contributed by atoms with Gasteiger partial charge in [-0.1, -0.05) is 12.1 Å². The van der Waals surface area contributed by atoms with Gasteiger partial charge in [0.15, 0.2) is 11.5 Å². The van der Waals surface area contributed by atoms with Gasteiger partial charge in [0.05, 0.1) is 36.9 Å². The van der Waals surface area contributed by atoms with E-state index < -0.39 is 28.0 Å². The number of ether oxygens (including phenoxy) is 2. The number of methoxy groups -OCH3 is 2. The number of hydrogen-bond donors (Lipinski definition) is 2. The molecule has 0 aliphatic rings. The Morgan fingerprint density at radius 1 is 1.00 bits per heavy atom. The molecule has 0 unspecified atom stereocenters. The summed E-state index contributed by atoms with van der Waals surface area (Å²) in [6.45, 7) is 5.09. The summed E-state index contributed by atoms with van der Waals surface area (Å²) >= 11 is 0. The number of likely N-dealkylation sites (N-methyl/N-ethyl adjacent to an activating group) is 1. The van der Waals surface area contributed by atoms with E-state index >= 15 is 0 Å². The molecule has 10 heteroatoms. The summed E-state index contributed by atoms with van der Waals surface area (Å²) in [6, 6.07) is 10.7. The summed E-state index contributed by atoms with van der Waals surface area (Å²) in [4.78, 5) is 25.1. The SMILES string of the molecule is COc1ccc(S(=O)(=O)N(C)CC(=O)Nc2ccccc2C(=O)NC(C)(C)C)cc1OC. The predicted octanol–water partition coefficient (Wildman–Crippen LogP) is 2.49. The van der Waals surface area contributed by atoms with Gasteiger partial charge in [-0.15, -0.1) is 0 Å². The van der Waals surface area contributed by atoms with Crippen LogP contribution in [0.2, 0.25) is 0 Å². The molecular weight excluding hydrogens is 434 g/mol. The van der Waals surface area contributed by atoms with Crippen molar-refractivity contribution in [3.63, 3.8) is 0 Å². The molecule has 0 spiro atoms. The summed E-state index contributed by atoms with van der Waals surface area (Å²) in [5.41, 5.74) is 0.111. The summed E-state index contributed by atoms with van der Waals surface area (Å²) in [5, 5.41) is 5.46. The van der Waals surface area contributed by atoms with Gasteiger partial charge in [0, 0.05) is 18.7 Å². The molecule has 9 nitrogen and oxygen atoms in total. The van der Waals surface area contributed by atoms with Crippen molar-refractivity contribution in [2.45, 2.75) is 31.2 Å². The maximum atomic E-state index is 12.9. The predicted molar refractivity (Wildman–Crippen MR) is 122 cm³/mol. The first-order valence-corrected chi connectivity index (χ1v) is 11.2. The van der Waals surface area contributed by atoms with Gasteiger partial charge < -0.3 is 20.1 Å². The third-order valence-corrected chi connectivity index (χ3v) is 6.16. The summed E-state index contributed by atoms with van der Waals surface area (Å²) in [5.74, 6) is -0.297. The van der Waals surface area contributed by atoms with Crippen molar-refractivity contribution in [1.82, 2.24) is 9.62 Å². The Morgan fingerprint density at radius 2 is 1.62 bits per heavy atom. The van der Waals surface area contributed by atoms with Crippen LogP contribution in [0, 0.1) is 0 Å². The van der Waals surface area contributed by atoms with Crippen molar-refractivity contribution in [1.29, 1.82) is 0 Å². The van der Waals surface area contributed by atoms with Gasteiger partial charge in [0.25, 0.3) is 5.91 Å². The van der Waals surface area contributed by atoms with Crippen molar-refractivity contribution in [3.8, 4) is 11.5 Å². The smallest absolute Gasteiger partial charge is 0.253 e. The monoisotopic (exact) mass is 463 g/mol. The maximum absolute atomic E-state index is 12.9. The third kappa shape index (κ3) is 6.21. The second-order valence-electron chi connectivity index (χ2n) is 8.08. The van der Waals surface area contributed by atoms with Crippen LogP contribution in [-0.2, 0) is 14.8 Å². The van der Waals surface area contributed by atoms with Crippen LogP contribution in [0.4, 0.5) is 5.69 Å². The maximum Gasteiger partial charge on any atom is 0.253 e. The highest BCUT2D eigenvalue weighted by Crippen LogP contribution is 2.30. The number of nitrogens with zero attached hydrogens (tertiary/aromatic N) is 1. The molecule has 0 aliphatic carbocycles. The molecule has 174 valence electrons. The number of para-hydroxylation sites is 1. The van der Waals surface area contributed by atoms with Crippen LogP contribution in [0.5, 0.6) is 11.5 Å². The van der Waals surface area contributed by atoms with Gasteiger partial charge in [-0.2, -0.15) is 4.31 Å². The Morgan fingerprint density at radius 3 is 2.22 bits per heavy atom. The molecule has 0 atom stereocenters. The van der Waals surface area contributed by atoms with Gasteiger partial charge in [-0.25, -0.2) is 8.42 Å². The van der Waals surface area contributed by atoms with E-state index in [0.29, 0.717) is 5.75 Å². The Balaban J connectivity index is 2.18. The minimum absolute atomic E-state index is 0.0459. The summed E-state index contributed by atoms with van der Waals surface area (Å²) < 4.78 is 37.0. The first-order valence-electron chi connectivity index (χ1n) is 9.79. The minimum Gasteiger partial charge on any atom is -0.493 e. The van der Waals surface area contributed by atoms with Crippen molar-refractivity contribution < 1.29 is 27.5 Å². The van der Waals surface area contributed by atoms with Gasteiger partial charge in [0.1, 0.15) is 0 Å². The number of sulfonamides is 1. The number of benzene rings is 2. The highest BCUT2D eigenvalue weighted by molar-refractivity contribution is 7.89. The lowest BCUT2D eigenvalue weighted by atomic mass is 10.1. The van der Waals surface area contributed by atoms with Crippen molar-refractivity contribution in [2.24, 2.45) is 0 Å². The van der Waals surface area contributed by atoms with Crippen LogP contribution in [0.3, 0.4) is 0 Å². The summed E-state index contributed by atoms with van der Waals surface area (Å²) in [6.07, 6.45) is 0. The lowest BCUT2D eigenvalue weighted by Gasteiger charge is -2.22. The fraction of sp³-hybridized carbons (Fsp3) is 0.364. The van der Waals surface area contributed by atoms with E-state index in [2.05, 4.69) is 10.6 Å². The highest BCUT2D eigenvalue weighted by atomic mass is 32.2. The Kier molecular flexibility index (Phi) is 7.87. The standard InChI is InChI=1S/C22H29N3O6S/c1-22(2,3)24-21(27)16-9-7-8-10-17(16)23-20(26)14-25(4)32(28,29)15-11-12-18(30-5)19(13-15)31-6/h7-13H,14H2,1-6H3,(H,23,26)(H,24,27). The molecule has 0 saturated carbocycles. The molecule has 2 aromatic rings. The van der Waals surface area contributed by atoms with Gasteiger partial charge in [-0.05, 0) is 45.0 Å². The topological polar surface area (TPSA) is 114 Å². The molecule has 32 heavy (non-hydrogen) atoms. The number of carbonyl (C=O) groups is 2. The molecule has 0 saturated heterocycles. The van der Waals surface area contributed by atoms with E-state index in [4.69, 9.17) is 9.47 Å². The van der Waals surface area contributed by atoms with Crippen molar-refractivity contribution in [3.05, 3.63) is 48.0 Å². The molecular formula is C22H29N3O6S. The molecule has 0 aromatic heterocycles. The van der Waals surface area contributed by atoms with Crippen LogP contribution in [-0.4, -0.2) is 57.9 Å². The van der Waals surface area contributed by atoms with Crippen molar-refractivity contribution in [2.75, 3.05) is 33.1 Å². The van der Waals surface area contributed by atoms with Crippen LogP contribution in [0.1, 0.15) is 31.1 Å². The average Bonchev–Trinajstić information content (AvgIpc) is 2.72. The molecule has 2 rings (SSSR count). The zero-order valence-corrected chi connectivity index (χ0v) is 19.9. The van der Waals surface area contributed by atoms with Gasteiger partial charge >= 0.3 is 0 Å². The zero-order chi connectivity index (χ0) is 24.1. The van der Waals surface area contributed by atoms with Crippen LogP contribution in [0.25, 0.3) is 0 Å². The number of carbonyl (C=O) groups excluding carboxylic acids is 2. The van der Waals surface area contributed by atoms with E-state index in [1.807, 2.05) is 20.8 Å². The molecule has 0 aliphatic heterocycles. The van der Waals surface area contributed by atoms with Crippen LogP contribution >= 0.6 is 0 Å². The highest BCUT2D eigenvalue weighted by Gasteiger charge is 2.25. The second kappa shape index (κ2) is 10.0. The Labute approximate surface area is 188 Å². The van der Waals surface area contributed by atoms with Gasteiger partial charge in [0.2, 0.25) is 15.9 Å². The van der Waals surface area contributed by atoms with Crippen molar-refractivity contribution >= 4 is 27.5 Å². The van der Waals surface area contributed by atoms with E-state index in [9.17, 15) is 18.0 Å². The van der Waals surface area contributed by atoms with E-state index in [1.54, 1.807) is 24.3 Å². The number of hydrogen-bond acceptors (Lipinski definition) is 6. The summed E-state index contributed by atoms with van der Waals surface area (Å²) in [7, 11) is 0.167. The largest absolute Gasteiger partial charge is 0.493 e. The number of nitrogens with one attached hydrogen (secondary N) is 2. The third-order valence-electron chi connectivity index (χ3n) is 4.36. The number of rotatable bonds is 8. The van der Waals surface area contributed by atoms with Crippen LogP contribution in [0.15, 0.2) is 47.4 Å². The Bertz CT molecular complexity index is 1090. The first-order chi connectivity index (χ1) is 14.9. The minimum atomic E-state index is -3.98. The molecule has 2 N–H and O–H groups in total. The zero-order valence-electron chi connectivity index (χ0n) is 19.1.